The predicted molar refractivity (Wildman–Crippen MR) is 127 cm³/mol. The van der Waals surface area contributed by atoms with E-state index in [2.05, 4.69) is 0 Å². The zero-order valence-electron chi connectivity index (χ0n) is 19.4. The Morgan fingerprint density at radius 2 is 1.68 bits per heavy atom. The third-order valence-electron chi connectivity index (χ3n) is 7.39. The van der Waals surface area contributed by atoms with Crippen molar-refractivity contribution in [3.05, 3.63) is 89.0 Å². The Labute approximate surface area is 209 Å². The third kappa shape index (κ3) is 3.16. The summed E-state index contributed by atoms with van der Waals surface area (Å²) in [6.45, 7) is 0.422. The van der Waals surface area contributed by atoms with Crippen molar-refractivity contribution in [1.29, 1.82) is 0 Å². The van der Waals surface area contributed by atoms with Gasteiger partial charge in [-0.1, -0.05) is 36.4 Å². The van der Waals surface area contributed by atoms with Gasteiger partial charge < -0.3 is 23.8 Å². The average Bonchev–Trinajstić information content (AvgIpc) is 3.67. The number of anilines is 1. The highest BCUT2D eigenvalue weighted by molar-refractivity contribution is 6.11. The lowest BCUT2D eigenvalue weighted by atomic mass is 9.77. The number of ether oxygens (including phenoxy) is 4. The summed E-state index contributed by atoms with van der Waals surface area (Å²) in [5.41, 5.74) is 0.450. The molecule has 2 unspecified atom stereocenters. The van der Waals surface area contributed by atoms with E-state index in [9.17, 15) is 18.0 Å². The highest BCUT2D eigenvalue weighted by Gasteiger charge is 2.57. The Morgan fingerprint density at radius 3 is 2.51 bits per heavy atom. The van der Waals surface area contributed by atoms with Crippen LogP contribution in [-0.4, -0.2) is 32.0 Å². The lowest BCUT2D eigenvalue weighted by molar-refractivity contribution is -0.138. The number of rotatable bonds is 3. The lowest BCUT2D eigenvalue weighted by Gasteiger charge is -2.25. The smallest absolute Gasteiger partial charge is 0.417 e. The zero-order valence-corrected chi connectivity index (χ0v) is 19.4. The van der Waals surface area contributed by atoms with Crippen LogP contribution in [0.2, 0.25) is 0 Å². The van der Waals surface area contributed by atoms with E-state index in [-0.39, 0.29) is 37.2 Å². The molecule has 2 atom stereocenters. The monoisotopic (exact) mass is 507 g/mol. The van der Waals surface area contributed by atoms with Gasteiger partial charge in [0.2, 0.25) is 12.7 Å². The summed E-state index contributed by atoms with van der Waals surface area (Å²) < 4.78 is 63.7. The van der Waals surface area contributed by atoms with Gasteiger partial charge in [0.15, 0.2) is 11.5 Å². The number of carbonyl (C=O) groups is 1. The molecule has 0 radical (unpaired) electrons. The number of hydrogen-bond acceptors (Lipinski definition) is 5. The summed E-state index contributed by atoms with van der Waals surface area (Å²) in [7, 11) is 0. The van der Waals surface area contributed by atoms with E-state index in [0.29, 0.717) is 29.2 Å². The SMILES string of the molecule is O=C1N(CC2CC=C(c3ccccc3C(F)(F)F)O2)c2ccccc2C12COc1cc3c(cc12)OCO3. The molecule has 3 aromatic carbocycles. The maximum absolute atomic E-state index is 14.1. The van der Waals surface area contributed by atoms with Crippen LogP contribution in [-0.2, 0) is 21.1 Å². The standard InChI is InChI=1S/C28H20F3NO5/c29-28(30,31)18-6-2-1-5-17(18)22-10-9-16(37-22)13-32-21-8-4-3-7-19(21)27(26(32)33)14-34-23-12-25-24(11-20(23)27)35-15-36-25/h1-8,10-12,16H,9,13-15H2. The molecule has 4 aliphatic rings. The van der Waals surface area contributed by atoms with Gasteiger partial charge in [0.1, 0.15) is 29.6 Å². The average molecular weight is 507 g/mol. The molecule has 0 N–H and O–H groups in total. The van der Waals surface area contributed by atoms with E-state index in [4.69, 9.17) is 18.9 Å². The number of amides is 1. The molecule has 0 fully saturated rings. The molecule has 0 aromatic heterocycles. The summed E-state index contributed by atoms with van der Waals surface area (Å²) in [5, 5.41) is 0. The van der Waals surface area contributed by atoms with Crippen LogP contribution in [0, 0.1) is 0 Å². The highest BCUT2D eigenvalue weighted by atomic mass is 19.4. The second-order valence-corrected chi connectivity index (χ2v) is 9.42. The summed E-state index contributed by atoms with van der Waals surface area (Å²) in [4.78, 5) is 15.8. The van der Waals surface area contributed by atoms with Crippen molar-refractivity contribution in [2.75, 3.05) is 24.8 Å². The predicted octanol–water partition coefficient (Wildman–Crippen LogP) is 5.29. The molecule has 37 heavy (non-hydrogen) atoms. The van der Waals surface area contributed by atoms with Crippen LogP contribution >= 0.6 is 0 Å². The molecule has 4 heterocycles. The van der Waals surface area contributed by atoms with Gasteiger partial charge >= 0.3 is 6.18 Å². The fourth-order valence-electron chi connectivity index (χ4n) is 5.69. The van der Waals surface area contributed by atoms with Gasteiger partial charge in [-0.3, -0.25) is 4.79 Å². The number of hydrogen-bond donors (Lipinski definition) is 0. The molecule has 1 spiro atoms. The van der Waals surface area contributed by atoms with E-state index in [1.807, 2.05) is 30.3 Å². The topological polar surface area (TPSA) is 57.2 Å². The van der Waals surface area contributed by atoms with Crippen molar-refractivity contribution >= 4 is 17.4 Å². The minimum absolute atomic E-state index is 0.00341. The first kappa shape index (κ1) is 22.1. The molecule has 4 aliphatic heterocycles. The number of alkyl halides is 3. The molecule has 0 aliphatic carbocycles. The van der Waals surface area contributed by atoms with Crippen molar-refractivity contribution in [2.45, 2.75) is 24.1 Å². The third-order valence-corrected chi connectivity index (χ3v) is 7.39. The zero-order chi connectivity index (χ0) is 25.4. The Morgan fingerprint density at radius 1 is 0.919 bits per heavy atom. The lowest BCUT2D eigenvalue weighted by Crippen LogP contribution is -2.45. The first-order chi connectivity index (χ1) is 17.9. The van der Waals surface area contributed by atoms with Gasteiger partial charge in [-0.2, -0.15) is 13.2 Å². The van der Waals surface area contributed by atoms with Gasteiger partial charge in [0.05, 0.1) is 12.1 Å². The molecule has 188 valence electrons. The number of carbonyl (C=O) groups excluding carboxylic acids is 1. The molecule has 7 rings (SSSR count). The maximum atomic E-state index is 14.1. The van der Waals surface area contributed by atoms with Gasteiger partial charge in [0, 0.05) is 29.3 Å². The fraction of sp³-hybridized carbons (Fsp3) is 0.250. The van der Waals surface area contributed by atoms with Gasteiger partial charge in [-0.05, 0) is 29.8 Å². The Kier molecular flexibility index (Phi) is 4.58. The molecule has 3 aromatic rings. The Balaban J connectivity index is 1.20. The van der Waals surface area contributed by atoms with Gasteiger partial charge in [-0.15, -0.1) is 0 Å². The number of halogens is 3. The van der Waals surface area contributed by atoms with Crippen molar-refractivity contribution in [3.8, 4) is 17.2 Å². The fourth-order valence-corrected chi connectivity index (χ4v) is 5.69. The number of benzene rings is 3. The van der Waals surface area contributed by atoms with E-state index in [0.717, 1.165) is 17.3 Å². The molecular weight excluding hydrogens is 487 g/mol. The number of fused-ring (bicyclic) bond motifs is 5. The maximum Gasteiger partial charge on any atom is 0.417 e. The normalized spacial score (nSPS) is 23.1. The van der Waals surface area contributed by atoms with Crippen LogP contribution in [0.15, 0.2) is 66.7 Å². The number of para-hydroxylation sites is 1. The van der Waals surface area contributed by atoms with Crippen molar-refractivity contribution in [1.82, 2.24) is 0 Å². The van der Waals surface area contributed by atoms with Gasteiger partial charge in [0.25, 0.3) is 0 Å². The van der Waals surface area contributed by atoms with Crippen molar-refractivity contribution in [2.24, 2.45) is 0 Å². The minimum Gasteiger partial charge on any atom is -0.491 e. The number of nitrogens with zero attached hydrogens (tertiary/aromatic N) is 1. The summed E-state index contributed by atoms with van der Waals surface area (Å²) in [6, 6.07) is 16.4. The van der Waals surface area contributed by atoms with Crippen molar-refractivity contribution in [3.63, 3.8) is 0 Å². The summed E-state index contributed by atoms with van der Waals surface area (Å²) in [6.07, 6.45) is -2.96. The van der Waals surface area contributed by atoms with E-state index < -0.39 is 23.3 Å². The first-order valence-corrected chi connectivity index (χ1v) is 11.9. The molecule has 0 saturated heterocycles. The second-order valence-electron chi connectivity index (χ2n) is 9.42. The molecule has 0 saturated carbocycles. The summed E-state index contributed by atoms with van der Waals surface area (Å²) >= 11 is 0. The first-order valence-electron chi connectivity index (χ1n) is 11.9. The molecule has 6 nitrogen and oxygen atoms in total. The van der Waals surface area contributed by atoms with E-state index in [1.165, 1.54) is 12.1 Å². The largest absolute Gasteiger partial charge is 0.491 e. The summed E-state index contributed by atoms with van der Waals surface area (Å²) in [5.74, 6) is 1.71. The molecule has 0 bridgehead atoms. The molecule has 9 heteroatoms. The van der Waals surface area contributed by atoms with Crippen LogP contribution in [0.5, 0.6) is 17.2 Å². The Bertz CT molecular complexity index is 1480. The Hall–Kier alpha value is -4.14. The quantitative estimate of drug-likeness (QED) is 0.482. The van der Waals surface area contributed by atoms with Crippen LogP contribution in [0.25, 0.3) is 5.76 Å². The van der Waals surface area contributed by atoms with Crippen LogP contribution in [0.4, 0.5) is 18.9 Å². The minimum atomic E-state index is -4.50. The molecule has 1 amide bonds. The van der Waals surface area contributed by atoms with Crippen molar-refractivity contribution < 1.29 is 36.9 Å². The van der Waals surface area contributed by atoms with Gasteiger partial charge in [-0.25, -0.2) is 0 Å². The van der Waals surface area contributed by atoms with Crippen LogP contribution < -0.4 is 19.1 Å². The molecular formula is C28H20F3NO5. The van der Waals surface area contributed by atoms with Crippen LogP contribution in [0.1, 0.15) is 28.7 Å². The van der Waals surface area contributed by atoms with E-state index >= 15 is 0 Å². The van der Waals surface area contributed by atoms with E-state index in [1.54, 1.807) is 23.1 Å². The second kappa shape index (κ2) is 7.68. The van der Waals surface area contributed by atoms with Crippen LogP contribution in [0.3, 0.4) is 0 Å². The highest BCUT2D eigenvalue weighted by Crippen LogP contribution is 2.55.